The molecule has 1 fully saturated rings. The number of hydrogen-bond donors (Lipinski definition) is 0. The number of nitrogens with zero attached hydrogens (tertiary/aromatic N) is 3. The van der Waals surface area contributed by atoms with E-state index in [9.17, 15) is 19.2 Å². The zero-order valence-corrected chi connectivity index (χ0v) is 18.3. The van der Waals surface area contributed by atoms with Gasteiger partial charge in [-0.1, -0.05) is 42.0 Å². The van der Waals surface area contributed by atoms with Crippen LogP contribution in [0.3, 0.4) is 0 Å². The van der Waals surface area contributed by atoms with Gasteiger partial charge in [-0.25, -0.2) is 0 Å². The van der Waals surface area contributed by atoms with Gasteiger partial charge in [0.25, 0.3) is 11.8 Å². The summed E-state index contributed by atoms with van der Waals surface area (Å²) in [5, 5.41) is 0. The van der Waals surface area contributed by atoms with Crippen LogP contribution in [0.15, 0.2) is 48.5 Å². The van der Waals surface area contributed by atoms with Gasteiger partial charge in [-0.05, 0) is 31.0 Å². The average Bonchev–Trinajstić information content (AvgIpc) is 3.06. The predicted molar refractivity (Wildman–Crippen MR) is 119 cm³/mol. The Bertz CT molecular complexity index is 1000. The largest absolute Gasteiger partial charge is 0.339 e. The van der Waals surface area contributed by atoms with Gasteiger partial charge in [0, 0.05) is 45.6 Å². The van der Waals surface area contributed by atoms with Crippen molar-refractivity contribution in [3.05, 3.63) is 70.8 Å². The molecule has 0 radical (unpaired) electrons. The highest BCUT2D eigenvalue weighted by Crippen LogP contribution is 2.22. The topological polar surface area (TPSA) is 78.0 Å². The number of piperazine rings is 1. The standard InChI is InChI=1S/C25H27N3O4/c1-18-6-8-19(9-7-18)10-11-22(29)26-14-16-27(17-15-26)23(30)12-13-28-24(31)20-4-2-3-5-21(20)25(28)32/h2-9H,10-17H2,1H3. The van der Waals surface area contributed by atoms with Gasteiger partial charge in [0.15, 0.2) is 0 Å². The fourth-order valence-corrected chi connectivity index (χ4v) is 4.18. The van der Waals surface area contributed by atoms with Crippen LogP contribution in [-0.4, -0.2) is 71.1 Å². The number of aryl methyl sites for hydroxylation is 2. The van der Waals surface area contributed by atoms with Crippen LogP contribution in [0.4, 0.5) is 0 Å². The van der Waals surface area contributed by atoms with Crippen molar-refractivity contribution in [2.45, 2.75) is 26.2 Å². The maximum atomic E-state index is 12.6. The van der Waals surface area contributed by atoms with Crippen LogP contribution in [0.2, 0.25) is 0 Å². The van der Waals surface area contributed by atoms with Crippen molar-refractivity contribution >= 4 is 23.6 Å². The smallest absolute Gasteiger partial charge is 0.261 e. The number of hydrogen-bond acceptors (Lipinski definition) is 4. The highest BCUT2D eigenvalue weighted by atomic mass is 16.2. The minimum atomic E-state index is -0.345. The van der Waals surface area contributed by atoms with Crippen molar-refractivity contribution < 1.29 is 19.2 Å². The van der Waals surface area contributed by atoms with Gasteiger partial charge in [-0.15, -0.1) is 0 Å². The van der Waals surface area contributed by atoms with Crippen LogP contribution >= 0.6 is 0 Å². The summed E-state index contributed by atoms with van der Waals surface area (Å²) in [6.07, 6.45) is 1.25. The molecule has 7 nitrogen and oxygen atoms in total. The molecule has 1 saturated heterocycles. The minimum Gasteiger partial charge on any atom is -0.339 e. The number of rotatable bonds is 6. The summed E-state index contributed by atoms with van der Waals surface area (Å²) >= 11 is 0. The Morgan fingerprint density at radius 2 is 1.25 bits per heavy atom. The summed E-state index contributed by atoms with van der Waals surface area (Å²) in [6.45, 7) is 4.06. The molecule has 0 bridgehead atoms. The van der Waals surface area contributed by atoms with Crippen molar-refractivity contribution in [2.24, 2.45) is 0 Å². The van der Waals surface area contributed by atoms with E-state index in [0.29, 0.717) is 50.1 Å². The Labute approximate surface area is 187 Å². The van der Waals surface area contributed by atoms with Gasteiger partial charge in [0.1, 0.15) is 0 Å². The average molecular weight is 434 g/mol. The van der Waals surface area contributed by atoms with Crippen molar-refractivity contribution in [1.29, 1.82) is 0 Å². The molecule has 0 spiro atoms. The van der Waals surface area contributed by atoms with Crippen LogP contribution in [0.25, 0.3) is 0 Å². The molecule has 2 aromatic rings. The normalized spacial score (nSPS) is 15.8. The van der Waals surface area contributed by atoms with E-state index in [0.717, 1.165) is 10.5 Å². The lowest BCUT2D eigenvalue weighted by Gasteiger charge is -2.35. The quantitative estimate of drug-likeness (QED) is 0.655. The van der Waals surface area contributed by atoms with E-state index in [2.05, 4.69) is 0 Å². The van der Waals surface area contributed by atoms with Gasteiger partial charge in [0.2, 0.25) is 11.8 Å². The second kappa shape index (κ2) is 9.34. The molecule has 2 aromatic carbocycles. The number of benzene rings is 2. The van der Waals surface area contributed by atoms with Gasteiger partial charge < -0.3 is 9.80 Å². The number of carbonyl (C=O) groups excluding carboxylic acids is 4. The fraction of sp³-hybridized carbons (Fsp3) is 0.360. The van der Waals surface area contributed by atoms with E-state index >= 15 is 0 Å². The van der Waals surface area contributed by atoms with Crippen molar-refractivity contribution in [2.75, 3.05) is 32.7 Å². The Morgan fingerprint density at radius 1 is 0.750 bits per heavy atom. The summed E-state index contributed by atoms with van der Waals surface area (Å²) in [6, 6.07) is 14.9. The van der Waals surface area contributed by atoms with Crippen LogP contribution in [-0.2, 0) is 16.0 Å². The summed E-state index contributed by atoms with van der Waals surface area (Å²) in [5.74, 6) is -0.693. The Morgan fingerprint density at radius 3 is 1.78 bits per heavy atom. The third-order valence-electron chi connectivity index (χ3n) is 6.16. The zero-order chi connectivity index (χ0) is 22.7. The Hall–Kier alpha value is -3.48. The highest BCUT2D eigenvalue weighted by Gasteiger charge is 2.35. The molecule has 2 aliphatic heterocycles. The molecular formula is C25H27N3O4. The molecule has 2 heterocycles. The Kier molecular flexibility index (Phi) is 6.35. The summed E-state index contributed by atoms with van der Waals surface area (Å²) < 4.78 is 0. The molecule has 0 aromatic heterocycles. The maximum absolute atomic E-state index is 12.6. The number of imide groups is 1. The maximum Gasteiger partial charge on any atom is 0.261 e. The fourth-order valence-electron chi connectivity index (χ4n) is 4.18. The zero-order valence-electron chi connectivity index (χ0n) is 18.3. The van der Waals surface area contributed by atoms with Gasteiger partial charge in [-0.2, -0.15) is 0 Å². The third kappa shape index (κ3) is 4.56. The monoisotopic (exact) mass is 433 g/mol. The Balaban J connectivity index is 1.22. The van der Waals surface area contributed by atoms with Gasteiger partial charge in [0.05, 0.1) is 11.1 Å². The lowest BCUT2D eigenvalue weighted by atomic mass is 10.1. The van der Waals surface area contributed by atoms with Crippen LogP contribution < -0.4 is 0 Å². The molecule has 0 atom stereocenters. The van der Waals surface area contributed by atoms with E-state index in [1.54, 1.807) is 29.2 Å². The lowest BCUT2D eigenvalue weighted by Crippen LogP contribution is -2.51. The molecule has 0 aliphatic carbocycles. The predicted octanol–water partition coefficient (Wildman–Crippen LogP) is 2.28. The summed E-state index contributed by atoms with van der Waals surface area (Å²) in [7, 11) is 0. The second-order valence-corrected chi connectivity index (χ2v) is 8.30. The molecule has 0 saturated carbocycles. The second-order valence-electron chi connectivity index (χ2n) is 8.30. The molecule has 0 N–H and O–H groups in total. The first-order valence-electron chi connectivity index (χ1n) is 11.0. The number of carbonyl (C=O) groups is 4. The first-order chi connectivity index (χ1) is 15.4. The molecule has 7 heteroatoms. The van der Waals surface area contributed by atoms with Crippen molar-refractivity contribution in [3.8, 4) is 0 Å². The van der Waals surface area contributed by atoms with Crippen LogP contribution in [0.5, 0.6) is 0 Å². The van der Waals surface area contributed by atoms with Gasteiger partial charge >= 0.3 is 0 Å². The van der Waals surface area contributed by atoms with E-state index in [1.165, 1.54) is 5.56 Å². The molecule has 2 aliphatic rings. The van der Waals surface area contributed by atoms with E-state index < -0.39 is 0 Å². The molecular weight excluding hydrogens is 406 g/mol. The number of amides is 4. The first-order valence-corrected chi connectivity index (χ1v) is 11.0. The molecule has 4 rings (SSSR count). The van der Waals surface area contributed by atoms with Crippen molar-refractivity contribution in [3.63, 3.8) is 0 Å². The summed E-state index contributed by atoms with van der Waals surface area (Å²) in [4.78, 5) is 54.7. The molecule has 4 amide bonds. The van der Waals surface area contributed by atoms with E-state index in [-0.39, 0.29) is 36.6 Å². The van der Waals surface area contributed by atoms with Gasteiger partial charge in [-0.3, -0.25) is 24.1 Å². The summed E-state index contributed by atoms with van der Waals surface area (Å²) in [5.41, 5.74) is 3.13. The van der Waals surface area contributed by atoms with Crippen LogP contribution in [0.1, 0.15) is 44.7 Å². The minimum absolute atomic E-state index is 0.0703. The third-order valence-corrected chi connectivity index (χ3v) is 6.16. The van der Waals surface area contributed by atoms with E-state index in [1.807, 2.05) is 36.1 Å². The highest BCUT2D eigenvalue weighted by molar-refractivity contribution is 6.21. The number of fused-ring (bicyclic) bond motifs is 1. The SMILES string of the molecule is Cc1ccc(CCC(=O)N2CCN(C(=O)CCN3C(=O)c4ccccc4C3=O)CC2)cc1. The van der Waals surface area contributed by atoms with E-state index in [4.69, 9.17) is 0 Å². The lowest BCUT2D eigenvalue weighted by molar-refractivity contribution is -0.139. The molecule has 166 valence electrons. The first kappa shape index (κ1) is 21.7. The molecule has 0 unspecified atom stereocenters. The van der Waals surface area contributed by atoms with Crippen LogP contribution in [0, 0.1) is 6.92 Å². The molecule has 32 heavy (non-hydrogen) atoms. The van der Waals surface area contributed by atoms with Crippen molar-refractivity contribution in [1.82, 2.24) is 14.7 Å².